The first-order valence-corrected chi connectivity index (χ1v) is 6.28. The van der Waals surface area contributed by atoms with E-state index in [-0.39, 0.29) is 11.6 Å². The smallest absolute Gasteiger partial charge is 0.169 e. The van der Waals surface area contributed by atoms with E-state index in [0.29, 0.717) is 12.1 Å². The molecule has 0 aliphatic carbocycles. The lowest BCUT2D eigenvalue weighted by molar-refractivity contribution is 0.383. The summed E-state index contributed by atoms with van der Waals surface area (Å²) in [6, 6.07) is 13.5. The van der Waals surface area contributed by atoms with E-state index in [1.54, 1.807) is 18.2 Å². The van der Waals surface area contributed by atoms with Crippen molar-refractivity contribution in [1.29, 1.82) is 0 Å². The summed E-state index contributed by atoms with van der Waals surface area (Å²) in [7, 11) is 1.47. The third-order valence-corrected chi connectivity index (χ3v) is 2.99. The average molecular weight is 259 g/mol. The highest BCUT2D eigenvalue weighted by Crippen LogP contribution is 2.19. The monoisotopic (exact) mass is 259 g/mol. The molecule has 3 heteroatoms. The summed E-state index contributed by atoms with van der Waals surface area (Å²) in [4.78, 5) is 0. The highest BCUT2D eigenvalue weighted by molar-refractivity contribution is 5.31. The molecule has 0 aromatic heterocycles. The third kappa shape index (κ3) is 3.55. The Bertz CT molecular complexity index is 554. The van der Waals surface area contributed by atoms with E-state index < -0.39 is 0 Å². The molecule has 0 amide bonds. The Hall–Kier alpha value is -1.87. The van der Waals surface area contributed by atoms with Crippen molar-refractivity contribution in [1.82, 2.24) is 5.32 Å². The molecule has 2 nitrogen and oxygen atoms in total. The van der Waals surface area contributed by atoms with Gasteiger partial charge in [-0.15, -0.1) is 0 Å². The fraction of sp³-hybridized carbons (Fsp3) is 0.250. The minimum absolute atomic E-state index is 0.287. The van der Waals surface area contributed by atoms with Crippen molar-refractivity contribution in [2.24, 2.45) is 0 Å². The van der Waals surface area contributed by atoms with Crippen LogP contribution in [0.1, 0.15) is 16.7 Å². The van der Waals surface area contributed by atoms with Crippen LogP contribution in [0.2, 0.25) is 0 Å². The van der Waals surface area contributed by atoms with E-state index in [2.05, 4.69) is 30.4 Å². The quantitative estimate of drug-likeness (QED) is 0.888. The van der Waals surface area contributed by atoms with Crippen LogP contribution in [0, 0.1) is 12.7 Å². The van der Waals surface area contributed by atoms with Crippen molar-refractivity contribution in [3.05, 3.63) is 65.0 Å². The standard InChI is InChI=1S/C16H18FNO/c1-12-5-3-6-13(9-12)10-18-11-14-7-4-8-15(19-2)16(14)17/h3-9,18H,10-11H2,1-2H3. The number of hydrogen-bond donors (Lipinski definition) is 1. The second-order valence-corrected chi connectivity index (χ2v) is 4.53. The molecule has 0 heterocycles. The van der Waals surface area contributed by atoms with E-state index >= 15 is 0 Å². The number of aryl methyl sites for hydroxylation is 1. The molecule has 19 heavy (non-hydrogen) atoms. The van der Waals surface area contributed by atoms with E-state index in [4.69, 9.17) is 4.74 Å². The zero-order valence-electron chi connectivity index (χ0n) is 11.2. The Morgan fingerprint density at radius 2 is 1.89 bits per heavy atom. The molecular formula is C16H18FNO. The van der Waals surface area contributed by atoms with Gasteiger partial charge in [0, 0.05) is 18.7 Å². The van der Waals surface area contributed by atoms with Crippen LogP contribution < -0.4 is 10.1 Å². The van der Waals surface area contributed by atoms with E-state index in [1.807, 2.05) is 6.07 Å². The second-order valence-electron chi connectivity index (χ2n) is 4.53. The molecule has 2 rings (SSSR count). The predicted molar refractivity (Wildman–Crippen MR) is 74.7 cm³/mol. The van der Waals surface area contributed by atoms with Gasteiger partial charge in [-0.25, -0.2) is 4.39 Å². The number of hydrogen-bond acceptors (Lipinski definition) is 2. The number of benzene rings is 2. The Morgan fingerprint density at radius 1 is 1.11 bits per heavy atom. The van der Waals surface area contributed by atoms with Crippen LogP contribution in [0.5, 0.6) is 5.75 Å². The van der Waals surface area contributed by atoms with Gasteiger partial charge >= 0.3 is 0 Å². The Balaban J connectivity index is 1.96. The maximum atomic E-state index is 13.9. The molecule has 0 bridgehead atoms. The van der Waals surface area contributed by atoms with Crippen molar-refractivity contribution in [2.75, 3.05) is 7.11 Å². The number of methoxy groups -OCH3 is 1. The molecule has 0 spiro atoms. The third-order valence-electron chi connectivity index (χ3n) is 2.99. The van der Waals surface area contributed by atoms with Gasteiger partial charge in [0.15, 0.2) is 11.6 Å². The fourth-order valence-corrected chi connectivity index (χ4v) is 2.01. The van der Waals surface area contributed by atoms with Gasteiger partial charge in [0.05, 0.1) is 7.11 Å². The number of halogens is 1. The molecule has 2 aromatic carbocycles. The first-order valence-electron chi connectivity index (χ1n) is 6.28. The van der Waals surface area contributed by atoms with Crippen LogP contribution in [-0.4, -0.2) is 7.11 Å². The lowest BCUT2D eigenvalue weighted by Gasteiger charge is -2.09. The summed E-state index contributed by atoms with van der Waals surface area (Å²) >= 11 is 0. The molecule has 1 N–H and O–H groups in total. The van der Waals surface area contributed by atoms with Crippen molar-refractivity contribution in [2.45, 2.75) is 20.0 Å². The van der Waals surface area contributed by atoms with Gasteiger partial charge in [0.25, 0.3) is 0 Å². The summed E-state index contributed by atoms with van der Waals surface area (Å²) in [5, 5.41) is 3.24. The lowest BCUT2D eigenvalue weighted by atomic mass is 10.1. The van der Waals surface area contributed by atoms with Gasteiger partial charge in [0.1, 0.15) is 0 Å². The SMILES string of the molecule is COc1cccc(CNCc2cccc(C)c2)c1F. The molecule has 0 atom stereocenters. The molecule has 0 saturated carbocycles. The fourth-order valence-electron chi connectivity index (χ4n) is 2.01. The molecule has 0 aliphatic heterocycles. The Kier molecular flexibility index (Phi) is 4.53. The van der Waals surface area contributed by atoms with Gasteiger partial charge in [-0.3, -0.25) is 0 Å². The molecule has 0 radical (unpaired) electrons. The molecule has 100 valence electrons. The largest absolute Gasteiger partial charge is 0.494 e. The minimum atomic E-state index is -0.290. The van der Waals surface area contributed by atoms with Gasteiger partial charge in [-0.2, -0.15) is 0 Å². The van der Waals surface area contributed by atoms with Crippen LogP contribution in [0.15, 0.2) is 42.5 Å². The summed E-state index contributed by atoms with van der Waals surface area (Å²) in [5.74, 6) is -0.00315. The van der Waals surface area contributed by atoms with E-state index in [0.717, 1.165) is 6.54 Å². The van der Waals surface area contributed by atoms with Gasteiger partial charge in [-0.1, -0.05) is 42.0 Å². The summed E-state index contributed by atoms with van der Waals surface area (Å²) < 4.78 is 18.9. The van der Waals surface area contributed by atoms with Crippen molar-refractivity contribution >= 4 is 0 Å². The molecule has 0 saturated heterocycles. The average Bonchev–Trinajstić information content (AvgIpc) is 2.41. The summed E-state index contributed by atoms with van der Waals surface area (Å²) in [6.07, 6.45) is 0. The topological polar surface area (TPSA) is 21.3 Å². The molecule has 0 aliphatic rings. The second kappa shape index (κ2) is 6.34. The highest BCUT2D eigenvalue weighted by Gasteiger charge is 2.07. The zero-order valence-corrected chi connectivity index (χ0v) is 11.2. The van der Waals surface area contributed by atoms with Crippen LogP contribution >= 0.6 is 0 Å². The van der Waals surface area contributed by atoms with Crippen LogP contribution in [0.4, 0.5) is 4.39 Å². The number of nitrogens with one attached hydrogen (secondary N) is 1. The molecule has 0 fully saturated rings. The van der Waals surface area contributed by atoms with E-state index in [1.165, 1.54) is 18.2 Å². The van der Waals surface area contributed by atoms with Crippen LogP contribution in [0.3, 0.4) is 0 Å². The van der Waals surface area contributed by atoms with Crippen LogP contribution in [-0.2, 0) is 13.1 Å². The highest BCUT2D eigenvalue weighted by atomic mass is 19.1. The van der Waals surface area contributed by atoms with Crippen LogP contribution in [0.25, 0.3) is 0 Å². The van der Waals surface area contributed by atoms with Crippen molar-refractivity contribution < 1.29 is 9.13 Å². The first-order chi connectivity index (χ1) is 9.20. The first kappa shape index (κ1) is 13.6. The number of rotatable bonds is 5. The molecule has 2 aromatic rings. The minimum Gasteiger partial charge on any atom is -0.494 e. The molecule has 0 unspecified atom stereocenters. The zero-order chi connectivity index (χ0) is 13.7. The Morgan fingerprint density at radius 3 is 2.63 bits per heavy atom. The predicted octanol–water partition coefficient (Wildman–Crippen LogP) is 3.43. The maximum Gasteiger partial charge on any atom is 0.169 e. The summed E-state index contributed by atoms with van der Waals surface area (Å²) in [5.41, 5.74) is 3.04. The molecular weight excluding hydrogens is 241 g/mol. The van der Waals surface area contributed by atoms with Crippen molar-refractivity contribution in [3.8, 4) is 5.75 Å². The lowest BCUT2D eigenvalue weighted by Crippen LogP contribution is -2.14. The summed E-state index contributed by atoms with van der Waals surface area (Å²) in [6.45, 7) is 3.26. The van der Waals surface area contributed by atoms with Gasteiger partial charge < -0.3 is 10.1 Å². The Labute approximate surface area is 113 Å². The van der Waals surface area contributed by atoms with Gasteiger partial charge in [0.2, 0.25) is 0 Å². The number of ether oxygens (including phenoxy) is 1. The normalized spacial score (nSPS) is 10.5. The van der Waals surface area contributed by atoms with Gasteiger partial charge in [-0.05, 0) is 18.6 Å². The van der Waals surface area contributed by atoms with Crippen molar-refractivity contribution in [3.63, 3.8) is 0 Å². The van der Waals surface area contributed by atoms with E-state index in [9.17, 15) is 4.39 Å². The maximum absolute atomic E-state index is 13.9.